The Morgan fingerprint density at radius 3 is 2.59 bits per heavy atom. The third kappa shape index (κ3) is 5.95. The summed E-state index contributed by atoms with van der Waals surface area (Å²) in [5.74, 6) is -1.11. The molecule has 0 saturated carbocycles. The predicted octanol–water partition coefficient (Wildman–Crippen LogP) is 4.10. The van der Waals surface area contributed by atoms with Gasteiger partial charge in [0.25, 0.3) is 0 Å². The zero-order valence-corrected chi connectivity index (χ0v) is 21.7. The van der Waals surface area contributed by atoms with E-state index in [0.717, 1.165) is 41.0 Å². The largest absolute Gasteiger partial charge is 0.379 e. The number of thiazole rings is 1. The summed E-state index contributed by atoms with van der Waals surface area (Å²) in [5.41, 5.74) is 3.01. The number of anilines is 1. The molecule has 1 aliphatic heterocycles. The number of benzene rings is 2. The Labute approximate surface area is 209 Å². The first-order valence-electron chi connectivity index (χ1n) is 11.2. The fourth-order valence-corrected chi connectivity index (χ4v) is 6.43. The van der Waals surface area contributed by atoms with Crippen molar-refractivity contribution in [3.63, 3.8) is 0 Å². The quantitative estimate of drug-likeness (QED) is 0.444. The number of fused-ring (bicyclic) bond motifs is 1. The number of hydrogen-bond donors (Lipinski definition) is 0. The van der Waals surface area contributed by atoms with E-state index in [1.54, 1.807) is 0 Å². The van der Waals surface area contributed by atoms with Crippen molar-refractivity contribution >= 4 is 54.0 Å². The van der Waals surface area contributed by atoms with Crippen molar-refractivity contribution in [3.05, 3.63) is 52.5 Å². The van der Waals surface area contributed by atoms with E-state index in [9.17, 15) is 13.2 Å². The molecule has 0 N–H and O–H groups in total. The SMILES string of the molecule is Cc1cc(C)c2sc(N(CCCN3CCOCC3)C(=O)CS(=O)(=O)c3ccc(Cl)cc3)nc2c1. The highest BCUT2D eigenvalue weighted by Gasteiger charge is 2.27. The molecule has 0 aliphatic carbocycles. The van der Waals surface area contributed by atoms with Crippen LogP contribution in [0.5, 0.6) is 0 Å². The van der Waals surface area contributed by atoms with Gasteiger partial charge in [-0.2, -0.15) is 0 Å². The first kappa shape index (κ1) is 25.1. The molecule has 3 aromatic rings. The number of amides is 1. The van der Waals surface area contributed by atoms with Crippen molar-refractivity contribution in [2.75, 3.05) is 50.0 Å². The summed E-state index contributed by atoms with van der Waals surface area (Å²) in [4.78, 5) is 22.0. The lowest BCUT2D eigenvalue weighted by Gasteiger charge is -2.27. The summed E-state index contributed by atoms with van der Waals surface area (Å²) in [5, 5.41) is 0.970. The van der Waals surface area contributed by atoms with Crippen LogP contribution in [0.25, 0.3) is 10.2 Å². The van der Waals surface area contributed by atoms with E-state index in [2.05, 4.69) is 11.0 Å². The van der Waals surface area contributed by atoms with Crippen LogP contribution in [0.2, 0.25) is 5.02 Å². The smallest absolute Gasteiger partial charge is 0.244 e. The molecule has 34 heavy (non-hydrogen) atoms. The highest BCUT2D eigenvalue weighted by atomic mass is 35.5. The van der Waals surface area contributed by atoms with Gasteiger partial charge in [0.05, 0.1) is 28.3 Å². The van der Waals surface area contributed by atoms with Gasteiger partial charge in [0.2, 0.25) is 5.91 Å². The second kappa shape index (κ2) is 10.7. The molecule has 1 saturated heterocycles. The maximum absolute atomic E-state index is 13.4. The topological polar surface area (TPSA) is 79.8 Å². The summed E-state index contributed by atoms with van der Waals surface area (Å²) in [7, 11) is -3.82. The Kier molecular flexibility index (Phi) is 7.89. The first-order valence-corrected chi connectivity index (χ1v) is 14.0. The number of halogens is 1. The van der Waals surface area contributed by atoms with E-state index in [-0.39, 0.29) is 4.90 Å². The number of hydrogen-bond acceptors (Lipinski definition) is 7. The van der Waals surface area contributed by atoms with Gasteiger partial charge in [0.15, 0.2) is 15.0 Å². The highest BCUT2D eigenvalue weighted by molar-refractivity contribution is 7.92. The highest BCUT2D eigenvalue weighted by Crippen LogP contribution is 2.32. The van der Waals surface area contributed by atoms with Crippen molar-refractivity contribution in [2.24, 2.45) is 0 Å². The van der Waals surface area contributed by atoms with Crippen LogP contribution in [-0.4, -0.2) is 69.4 Å². The predicted molar refractivity (Wildman–Crippen MR) is 137 cm³/mol. The van der Waals surface area contributed by atoms with Gasteiger partial charge in [-0.25, -0.2) is 13.4 Å². The molecule has 0 spiro atoms. The van der Waals surface area contributed by atoms with Crippen molar-refractivity contribution in [3.8, 4) is 0 Å². The molecule has 0 bridgehead atoms. The number of ether oxygens (including phenoxy) is 1. The summed E-state index contributed by atoms with van der Waals surface area (Å²) in [6, 6.07) is 9.95. The fourth-order valence-electron chi connectivity index (χ4n) is 4.05. The first-order chi connectivity index (χ1) is 16.2. The molecular formula is C24H28ClN3O4S2. The Morgan fingerprint density at radius 2 is 1.88 bits per heavy atom. The molecule has 0 unspecified atom stereocenters. The van der Waals surface area contributed by atoms with Gasteiger partial charge < -0.3 is 4.74 Å². The van der Waals surface area contributed by atoms with E-state index >= 15 is 0 Å². The number of carbonyl (C=O) groups is 1. The summed E-state index contributed by atoms with van der Waals surface area (Å²) >= 11 is 7.32. The van der Waals surface area contributed by atoms with Gasteiger partial charge in [-0.3, -0.25) is 14.6 Å². The average molecular weight is 522 g/mol. The van der Waals surface area contributed by atoms with Crippen molar-refractivity contribution in [1.82, 2.24) is 9.88 Å². The fraction of sp³-hybridized carbons (Fsp3) is 0.417. The third-order valence-electron chi connectivity index (χ3n) is 5.79. The summed E-state index contributed by atoms with van der Waals surface area (Å²) in [6.07, 6.45) is 0.709. The van der Waals surface area contributed by atoms with E-state index in [1.807, 2.05) is 19.9 Å². The van der Waals surface area contributed by atoms with E-state index in [1.165, 1.54) is 40.5 Å². The Balaban J connectivity index is 1.58. The standard InChI is InChI=1S/C24H28ClN3O4S2/c1-17-14-18(2)23-21(15-17)26-24(33-23)28(9-3-8-27-10-12-32-13-11-27)22(29)16-34(30,31)20-6-4-19(25)5-7-20/h4-7,14-15H,3,8-13,16H2,1-2H3. The van der Waals surface area contributed by atoms with Gasteiger partial charge in [-0.1, -0.05) is 29.0 Å². The molecule has 1 aromatic heterocycles. The maximum atomic E-state index is 13.4. The zero-order chi connectivity index (χ0) is 24.3. The minimum Gasteiger partial charge on any atom is -0.379 e. The van der Waals surface area contributed by atoms with Crippen LogP contribution in [0.3, 0.4) is 0 Å². The molecule has 1 fully saturated rings. The molecule has 2 aromatic carbocycles. The lowest BCUT2D eigenvalue weighted by atomic mass is 10.1. The molecule has 4 rings (SSSR count). The van der Waals surface area contributed by atoms with Crippen LogP contribution < -0.4 is 4.90 Å². The molecular weight excluding hydrogens is 494 g/mol. The molecule has 1 amide bonds. The maximum Gasteiger partial charge on any atom is 0.244 e. The van der Waals surface area contributed by atoms with Crippen molar-refractivity contribution in [1.29, 1.82) is 0 Å². The minimum absolute atomic E-state index is 0.0780. The summed E-state index contributed by atoms with van der Waals surface area (Å²) in [6.45, 7) is 8.36. The normalized spacial score (nSPS) is 15.0. The molecule has 1 aliphatic rings. The number of sulfone groups is 1. The average Bonchev–Trinajstić information content (AvgIpc) is 3.21. The van der Waals surface area contributed by atoms with Crippen LogP contribution in [0.1, 0.15) is 17.5 Å². The van der Waals surface area contributed by atoms with E-state index in [0.29, 0.717) is 36.3 Å². The lowest BCUT2D eigenvalue weighted by Crippen LogP contribution is -2.40. The van der Waals surface area contributed by atoms with Gasteiger partial charge >= 0.3 is 0 Å². The second-order valence-electron chi connectivity index (χ2n) is 8.49. The monoisotopic (exact) mass is 521 g/mol. The van der Waals surface area contributed by atoms with Crippen LogP contribution in [0.15, 0.2) is 41.3 Å². The second-order valence-corrected chi connectivity index (χ2v) is 11.9. The van der Waals surface area contributed by atoms with Crippen molar-refractivity contribution in [2.45, 2.75) is 25.2 Å². The molecule has 2 heterocycles. The number of aromatic nitrogens is 1. The van der Waals surface area contributed by atoms with Crippen molar-refractivity contribution < 1.29 is 17.9 Å². The number of carbonyl (C=O) groups excluding carboxylic acids is 1. The number of aryl methyl sites for hydroxylation is 2. The summed E-state index contributed by atoms with van der Waals surface area (Å²) < 4.78 is 32.3. The number of rotatable bonds is 8. The molecule has 10 heteroatoms. The van der Waals surface area contributed by atoms with Crippen LogP contribution in [-0.2, 0) is 19.4 Å². The minimum atomic E-state index is -3.82. The lowest BCUT2D eigenvalue weighted by molar-refractivity contribution is -0.116. The van der Waals surface area contributed by atoms with Crippen LogP contribution in [0, 0.1) is 13.8 Å². The van der Waals surface area contributed by atoms with Gasteiger partial charge in [-0.05, 0) is 61.7 Å². The number of nitrogens with zero attached hydrogens (tertiary/aromatic N) is 3. The third-order valence-corrected chi connectivity index (χ3v) is 8.89. The van der Waals surface area contributed by atoms with Gasteiger partial charge in [-0.15, -0.1) is 0 Å². The number of morpholine rings is 1. The Morgan fingerprint density at radius 1 is 1.18 bits per heavy atom. The van der Waals surface area contributed by atoms with Gasteiger partial charge in [0, 0.05) is 31.2 Å². The zero-order valence-electron chi connectivity index (χ0n) is 19.3. The Bertz CT molecular complexity index is 1270. The Hall–Kier alpha value is -2.04. The van der Waals surface area contributed by atoms with E-state index < -0.39 is 21.5 Å². The molecule has 182 valence electrons. The molecule has 7 nitrogen and oxygen atoms in total. The van der Waals surface area contributed by atoms with E-state index in [4.69, 9.17) is 21.3 Å². The molecule has 0 radical (unpaired) electrons. The van der Waals surface area contributed by atoms with Crippen LogP contribution in [0.4, 0.5) is 5.13 Å². The van der Waals surface area contributed by atoms with Gasteiger partial charge in [0.1, 0.15) is 5.75 Å². The van der Waals surface area contributed by atoms with Crippen LogP contribution >= 0.6 is 22.9 Å². The molecule has 0 atom stereocenters.